The topological polar surface area (TPSA) is 58.8 Å². The lowest BCUT2D eigenvalue weighted by molar-refractivity contribution is -0.137. The molecule has 0 radical (unpaired) electrons. The predicted octanol–water partition coefficient (Wildman–Crippen LogP) is 4.40. The zero-order valence-electron chi connectivity index (χ0n) is 17.4. The van der Waals surface area contributed by atoms with Crippen LogP contribution < -0.4 is 4.74 Å². The molecule has 1 atom stereocenters. The summed E-state index contributed by atoms with van der Waals surface area (Å²) in [6.07, 6.45) is -4.45. The Morgan fingerprint density at radius 2 is 1.91 bits per heavy atom. The van der Waals surface area contributed by atoms with Crippen LogP contribution in [0, 0.1) is 0 Å². The third kappa shape index (κ3) is 4.94. The summed E-state index contributed by atoms with van der Waals surface area (Å²) in [5.74, 6) is 0.0430. The van der Waals surface area contributed by atoms with Gasteiger partial charge in [0.1, 0.15) is 12.4 Å². The highest BCUT2D eigenvalue weighted by Gasteiger charge is 2.31. The first-order valence-corrected chi connectivity index (χ1v) is 10.1. The minimum atomic E-state index is -4.45. The number of halogens is 3. The maximum Gasteiger partial charge on any atom is 0.416 e. The Hall–Kier alpha value is -3.33. The van der Waals surface area contributed by atoms with Crippen LogP contribution in [0.2, 0.25) is 0 Å². The normalized spacial score (nSPS) is 17.4. The molecule has 0 aliphatic carbocycles. The third-order valence-electron chi connectivity index (χ3n) is 5.44. The number of hydrogen-bond donors (Lipinski definition) is 0. The lowest BCUT2D eigenvalue weighted by atomic mass is 10.0. The molecule has 3 aromatic rings. The highest BCUT2D eigenvalue weighted by atomic mass is 19.4. The number of amides is 1. The molecule has 4 rings (SSSR count). The minimum absolute atomic E-state index is 0.0499. The number of aromatic nitrogens is 1. The third-order valence-corrected chi connectivity index (χ3v) is 5.44. The van der Waals surface area contributed by atoms with Gasteiger partial charge in [0.05, 0.1) is 11.6 Å². The van der Waals surface area contributed by atoms with E-state index in [1.165, 1.54) is 18.2 Å². The van der Waals surface area contributed by atoms with Crippen molar-refractivity contribution in [3.8, 4) is 5.75 Å². The molecule has 0 spiro atoms. The molecule has 1 saturated heterocycles. The van der Waals surface area contributed by atoms with Gasteiger partial charge >= 0.3 is 6.18 Å². The second kappa shape index (κ2) is 9.04. The molecule has 2 aromatic carbocycles. The molecule has 6 nitrogen and oxygen atoms in total. The number of carbonyl (C=O) groups is 1. The van der Waals surface area contributed by atoms with Gasteiger partial charge in [-0.15, -0.1) is 0 Å². The molecule has 0 unspecified atom stereocenters. The van der Waals surface area contributed by atoms with Gasteiger partial charge in [-0.3, -0.25) is 9.69 Å². The van der Waals surface area contributed by atoms with Gasteiger partial charge in [0.25, 0.3) is 5.91 Å². The second-order valence-corrected chi connectivity index (χ2v) is 7.65. The fourth-order valence-corrected chi connectivity index (χ4v) is 3.65. The zero-order chi connectivity index (χ0) is 22.7. The van der Waals surface area contributed by atoms with Gasteiger partial charge in [0.2, 0.25) is 0 Å². The Morgan fingerprint density at radius 3 is 2.66 bits per heavy atom. The van der Waals surface area contributed by atoms with E-state index < -0.39 is 11.7 Å². The van der Waals surface area contributed by atoms with Gasteiger partial charge in [0.15, 0.2) is 11.5 Å². The van der Waals surface area contributed by atoms with Gasteiger partial charge in [0, 0.05) is 25.7 Å². The van der Waals surface area contributed by atoms with Crippen LogP contribution >= 0.6 is 0 Å². The first-order valence-electron chi connectivity index (χ1n) is 10.1. The summed E-state index contributed by atoms with van der Waals surface area (Å²) in [6.45, 7) is 1.65. The molecule has 32 heavy (non-hydrogen) atoms. The summed E-state index contributed by atoms with van der Waals surface area (Å²) in [5, 5.41) is 3.84. The van der Waals surface area contributed by atoms with Crippen molar-refractivity contribution in [3.05, 3.63) is 83.2 Å². The van der Waals surface area contributed by atoms with Crippen molar-refractivity contribution >= 4 is 5.91 Å². The SMILES string of the molecule is CN1CCN(C(=O)c2cc(COc3cccc(C(F)(F)F)c3)on2)C[C@@H]1c1ccccc1. The highest BCUT2D eigenvalue weighted by molar-refractivity contribution is 5.92. The van der Waals surface area contributed by atoms with Crippen molar-refractivity contribution in [2.75, 3.05) is 26.7 Å². The van der Waals surface area contributed by atoms with Crippen molar-refractivity contribution in [1.29, 1.82) is 0 Å². The quantitative estimate of drug-likeness (QED) is 0.583. The van der Waals surface area contributed by atoms with Gasteiger partial charge in [-0.05, 0) is 30.8 Å². The number of likely N-dealkylation sites (N-methyl/N-ethyl adjacent to an activating group) is 1. The van der Waals surface area contributed by atoms with Crippen molar-refractivity contribution in [1.82, 2.24) is 15.0 Å². The maximum atomic E-state index is 12.9. The van der Waals surface area contributed by atoms with Crippen LogP contribution in [0.3, 0.4) is 0 Å². The number of nitrogens with zero attached hydrogens (tertiary/aromatic N) is 3. The molecule has 1 fully saturated rings. The lowest BCUT2D eigenvalue weighted by Crippen LogP contribution is -2.49. The Bertz CT molecular complexity index is 1070. The molecule has 2 heterocycles. The molecule has 1 aliphatic heterocycles. The van der Waals surface area contributed by atoms with E-state index in [4.69, 9.17) is 9.26 Å². The average molecular weight is 445 g/mol. The van der Waals surface area contributed by atoms with E-state index in [1.807, 2.05) is 37.4 Å². The van der Waals surface area contributed by atoms with Crippen LogP contribution in [0.1, 0.15) is 33.4 Å². The first kappa shape index (κ1) is 21.9. The Morgan fingerprint density at radius 1 is 1.12 bits per heavy atom. The molecular weight excluding hydrogens is 423 g/mol. The van der Waals surface area contributed by atoms with E-state index in [2.05, 4.69) is 10.1 Å². The number of benzene rings is 2. The number of alkyl halides is 3. The largest absolute Gasteiger partial charge is 0.486 e. The smallest absolute Gasteiger partial charge is 0.416 e. The van der Waals surface area contributed by atoms with Crippen LogP contribution in [0.25, 0.3) is 0 Å². The molecule has 0 N–H and O–H groups in total. The predicted molar refractivity (Wildman–Crippen MR) is 110 cm³/mol. The molecule has 1 amide bonds. The van der Waals surface area contributed by atoms with Crippen molar-refractivity contribution in [3.63, 3.8) is 0 Å². The molecule has 0 bridgehead atoms. The summed E-state index contributed by atoms with van der Waals surface area (Å²) >= 11 is 0. The Balaban J connectivity index is 1.39. The van der Waals surface area contributed by atoms with E-state index in [-0.39, 0.29) is 35.8 Å². The molecule has 0 saturated carbocycles. The van der Waals surface area contributed by atoms with E-state index in [0.717, 1.165) is 17.7 Å². The summed E-state index contributed by atoms with van der Waals surface area (Å²) in [6, 6.07) is 16.1. The number of hydrogen-bond acceptors (Lipinski definition) is 5. The lowest BCUT2D eigenvalue weighted by Gasteiger charge is -2.39. The van der Waals surface area contributed by atoms with Gasteiger partial charge in [-0.1, -0.05) is 41.6 Å². The standard InChI is InChI=1S/C23H22F3N3O3/c1-28-10-11-29(14-21(28)16-6-3-2-4-7-16)22(30)20-13-19(32-27-20)15-31-18-9-5-8-17(12-18)23(24,25)26/h2-9,12-13,21H,10-11,14-15H2,1H3/t21-/m1/s1. The van der Waals surface area contributed by atoms with Crippen LogP contribution in [0.4, 0.5) is 13.2 Å². The van der Waals surface area contributed by atoms with Crippen molar-refractivity contribution in [2.24, 2.45) is 0 Å². The number of carbonyl (C=O) groups excluding carboxylic acids is 1. The highest BCUT2D eigenvalue weighted by Crippen LogP contribution is 2.31. The molecular formula is C23H22F3N3O3. The Kier molecular flexibility index (Phi) is 6.18. The number of ether oxygens (including phenoxy) is 1. The van der Waals surface area contributed by atoms with Crippen molar-refractivity contribution in [2.45, 2.75) is 18.8 Å². The molecule has 9 heteroatoms. The van der Waals surface area contributed by atoms with E-state index in [9.17, 15) is 18.0 Å². The van der Waals surface area contributed by atoms with Crippen LogP contribution in [0.5, 0.6) is 5.75 Å². The fourth-order valence-electron chi connectivity index (χ4n) is 3.65. The zero-order valence-corrected chi connectivity index (χ0v) is 17.4. The fraction of sp³-hybridized carbons (Fsp3) is 0.304. The Labute approximate surface area is 183 Å². The molecule has 168 valence electrons. The summed E-state index contributed by atoms with van der Waals surface area (Å²) in [4.78, 5) is 16.9. The van der Waals surface area contributed by atoms with Crippen LogP contribution in [-0.4, -0.2) is 47.5 Å². The monoisotopic (exact) mass is 445 g/mol. The summed E-state index contributed by atoms with van der Waals surface area (Å²) in [5.41, 5.74) is 0.471. The van der Waals surface area contributed by atoms with Crippen molar-refractivity contribution < 1.29 is 27.2 Å². The molecule has 1 aliphatic rings. The van der Waals surface area contributed by atoms with E-state index in [1.54, 1.807) is 4.90 Å². The summed E-state index contributed by atoms with van der Waals surface area (Å²) in [7, 11) is 2.03. The van der Waals surface area contributed by atoms with Gasteiger partial charge < -0.3 is 14.2 Å². The average Bonchev–Trinajstić information content (AvgIpc) is 3.27. The minimum Gasteiger partial charge on any atom is -0.486 e. The molecule has 1 aromatic heterocycles. The van der Waals surface area contributed by atoms with Gasteiger partial charge in [-0.2, -0.15) is 13.2 Å². The van der Waals surface area contributed by atoms with Crippen LogP contribution in [0.15, 0.2) is 65.2 Å². The van der Waals surface area contributed by atoms with Gasteiger partial charge in [-0.25, -0.2) is 0 Å². The number of piperazine rings is 1. The van der Waals surface area contributed by atoms with Crippen LogP contribution in [-0.2, 0) is 12.8 Å². The van der Waals surface area contributed by atoms with E-state index >= 15 is 0 Å². The summed E-state index contributed by atoms with van der Waals surface area (Å²) < 4.78 is 49.1. The second-order valence-electron chi connectivity index (χ2n) is 7.65. The van der Waals surface area contributed by atoms with E-state index in [0.29, 0.717) is 19.6 Å². The number of rotatable bonds is 5. The maximum absolute atomic E-state index is 12.9. The first-order chi connectivity index (χ1) is 15.3.